The first-order valence-corrected chi connectivity index (χ1v) is 5.30. The first-order chi connectivity index (χ1) is 6.66. The van der Waals surface area contributed by atoms with Crippen molar-refractivity contribution in [3.05, 3.63) is 21.5 Å². The fourth-order valence-electron chi connectivity index (χ4n) is 0.993. The predicted molar refractivity (Wildman–Crippen MR) is 57.6 cm³/mol. The summed E-state index contributed by atoms with van der Waals surface area (Å²) in [6, 6.07) is 1.52. The van der Waals surface area contributed by atoms with Crippen LogP contribution in [0.3, 0.4) is 0 Å². The van der Waals surface area contributed by atoms with Crippen molar-refractivity contribution in [2.75, 3.05) is 0 Å². The van der Waals surface area contributed by atoms with Gasteiger partial charge in [-0.05, 0) is 41.5 Å². The van der Waals surface area contributed by atoms with E-state index in [4.69, 9.17) is 9.84 Å². The second-order valence-corrected chi connectivity index (χ2v) is 4.16. The number of carboxylic acid groups (broad SMARTS) is 1. The third kappa shape index (κ3) is 2.14. The first kappa shape index (κ1) is 9.70. The summed E-state index contributed by atoms with van der Waals surface area (Å²) >= 11 is 2.03. The molecule has 1 fully saturated rings. The van der Waals surface area contributed by atoms with Crippen LogP contribution in [0, 0.1) is 3.70 Å². The summed E-state index contributed by atoms with van der Waals surface area (Å²) in [7, 11) is 0. The molecule has 0 unspecified atom stereocenters. The van der Waals surface area contributed by atoms with E-state index in [1.54, 1.807) is 0 Å². The number of carbonyl (C=O) groups is 1. The van der Waals surface area contributed by atoms with Crippen molar-refractivity contribution in [2.24, 2.45) is 0 Å². The van der Waals surface area contributed by atoms with Gasteiger partial charge in [-0.3, -0.25) is 0 Å². The highest BCUT2D eigenvalue weighted by atomic mass is 127. The third-order valence-electron chi connectivity index (χ3n) is 1.87. The molecular formula is C9H8INO3. The van der Waals surface area contributed by atoms with Gasteiger partial charge in [0.15, 0.2) is 5.75 Å². The van der Waals surface area contributed by atoms with Crippen molar-refractivity contribution in [3.8, 4) is 5.75 Å². The van der Waals surface area contributed by atoms with Crippen molar-refractivity contribution in [2.45, 2.75) is 18.9 Å². The van der Waals surface area contributed by atoms with E-state index in [0.29, 0.717) is 9.45 Å². The molecule has 1 aliphatic rings. The number of ether oxygens (including phenoxy) is 1. The minimum absolute atomic E-state index is 0.168. The Bertz CT molecular complexity index is 376. The van der Waals surface area contributed by atoms with Gasteiger partial charge in [0.1, 0.15) is 3.70 Å². The molecule has 0 bridgehead atoms. The van der Waals surface area contributed by atoms with E-state index in [1.807, 2.05) is 22.6 Å². The summed E-state index contributed by atoms with van der Waals surface area (Å²) in [6.07, 6.45) is 3.69. The Morgan fingerprint density at radius 3 is 2.93 bits per heavy atom. The maximum absolute atomic E-state index is 10.7. The van der Waals surface area contributed by atoms with E-state index in [9.17, 15) is 4.79 Å². The Morgan fingerprint density at radius 1 is 1.64 bits per heavy atom. The van der Waals surface area contributed by atoms with Gasteiger partial charge in [-0.1, -0.05) is 0 Å². The minimum atomic E-state index is -0.977. The van der Waals surface area contributed by atoms with Crippen LogP contribution >= 0.6 is 22.6 Å². The fourth-order valence-corrected chi connectivity index (χ4v) is 1.42. The smallest absolute Gasteiger partial charge is 0.337 e. The second-order valence-electron chi connectivity index (χ2n) is 3.14. The van der Waals surface area contributed by atoms with Gasteiger partial charge in [0, 0.05) is 6.20 Å². The number of halogens is 1. The van der Waals surface area contributed by atoms with Crippen LogP contribution < -0.4 is 4.74 Å². The molecule has 4 nitrogen and oxygen atoms in total. The molecule has 0 radical (unpaired) electrons. The van der Waals surface area contributed by atoms with E-state index < -0.39 is 5.97 Å². The Hall–Kier alpha value is -0.850. The SMILES string of the molecule is O=C(O)c1cnc(I)c(OC2CC2)c1. The molecule has 1 aromatic rings. The number of hydrogen-bond acceptors (Lipinski definition) is 3. The van der Waals surface area contributed by atoms with E-state index in [-0.39, 0.29) is 11.7 Å². The molecule has 0 saturated heterocycles. The molecule has 1 heterocycles. The van der Waals surface area contributed by atoms with Crippen LogP contribution in [0.2, 0.25) is 0 Å². The largest absolute Gasteiger partial charge is 0.488 e. The highest BCUT2D eigenvalue weighted by molar-refractivity contribution is 14.1. The molecule has 1 N–H and O–H groups in total. The topological polar surface area (TPSA) is 59.4 Å². The standard InChI is InChI=1S/C9H8INO3/c10-8-7(14-6-1-2-6)3-5(4-11-8)9(12)13/h3-4,6H,1-2H2,(H,12,13). The summed E-state index contributed by atoms with van der Waals surface area (Å²) in [6.45, 7) is 0. The normalized spacial score (nSPS) is 15.2. The van der Waals surface area contributed by atoms with Crippen molar-refractivity contribution in [1.29, 1.82) is 0 Å². The molecule has 0 spiro atoms. The van der Waals surface area contributed by atoms with Gasteiger partial charge < -0.3 is 9.84 Å². The van der Waals surface area contributed by atoms with Crippen LogP contribution in [-0.2, 0) is 0 Å². The predicted octanol–water partition coefficient (Wildman–Crippen LogP) is 1.93. The van der Waals surface area contributed by atoms with Crippen LogP contribution in [0.15, 0.2) is 12.3 Å². The highest BCUT2D eigenvalue weighted by Crippen LogP contribution is 2.29. The summed E-state index contributed by atoms with van der Waals surface area (Å²) in [5.74, 6) is -0.400. The molecule has 0 amide bonds. The van der Waals surface area contributed by atoms with Gasteiger partial charge in [0.05, 0.1) is 11.7 Å². The van der Waals surface area contributed by atoms with Crippen molar-refractivity contribution in [3.63, 3.8) is 0 Å². The Balaban J connectivity index is 2.26. The Labute approximate surface area is 94.4 Å². The van der Waals surface area contributed by atoms with Crippen LogP contribution in [0.5, 0.6) is 5.75 Å². The van der Waals surface area contributed by atoms with Gasteiger partial charge in [-0.15, -0.1) is 0 Å². The lowest BCUT2D eigenvalue weighted by Gasteiger charge is -2.06. The van der Waals surface area contributed by atoms with E-state index in [0.717, 1.165) is 12.8 Å². The quantitative estimate of drug-likeness (QED) is 0.685. The lowest BCUT2D eigenvalue weighted by Crippen LogP contribution is -2.03. The zero-order valence-electron chi connectivity index (χ0n) is 7.24. The lowest BCUT2D eigenvalue weighted by molar-refractivity contribution is 0.0695. The Morgan fingerprint density at radius 2 is 2.36 bits per heavy atom. The molecule has 1 aromatic heterocycles. The molecule has 0 atom stereocenters. The van der Waals surface area contributed by atoms with Crippen molar-refractivity contribution < 1.29 is 14.6 Å². The summed E-state index contributed by atoms with van der Waals surface area (Å²) in [5.41, 5.74) is 0.168. The second kappa shape index (κ2) is 3.72. The molecule has 14 heavy (non-hydrogen) atoms. The van der Waals surface area contributed by atoms with Gasteiger partial charge in [0.2, 0.25) is 0 Å². The van der Waals surface area contributed by atoms with E-state index in [1.165, 1.54) is 12.3 Å². The summed E-state index contributed by atoms with van der Waals surface area (Å²) in [5, 5.41) is 8.75. The lowest BCUT2D eigenvalue weighted by atomic mass is 10.3. The maximum Gasteiger partial charge on any atom is 0.337 e. The maximum atomic E-state index is 10.7. The molecule has 74 valence electrons. The molecule has 1 aliphatic carbocycles. The molecule has 0 aliphatic heterocycles. The fraction of sp³-hybridized carbons (Fsp3) is 0.333. The zero-order valence-corrected chi connectivity index (χ0v) is 9.39. The third-order valence-corrected chi connectivity index (χ3v) is 2.68. The van der Waals surface area contributed by atoms with E-state index in [2.05, 4.69) is 4.98 Å². The number of carboxylic acids is 1. The monoisotopic (exact) mass is 305 g/mol. The number of hydrogen-bond donors (Lipinski definition) is 1. The van der Waals surface area contributed by atoms with Crippen LogP contribution in [0.4, 0.5) is 0 Å². The molecule has 2 rings (SSSR count). The number of aromatic carboxylic acids is 1. The number of pyridine rings is 1. The zero-order chi connectivity index (χ0) is 10.1. The van der Waals surface area contributed by atoms with Gasteiger partial charge >= 0.3 is 5.97 Å². The van der Waals surface area contributed by atoms with Crippen LogP contribution in [0.25, 0.3) is 0 Å². The van der Waals surface area contributed by atoms with Crippen LogP contribution in [0.1, 0.15) is 23.2 Å². The number of rotatable bonds is 3. The van der Waals surface area contributed by atoms with Gasteiger partial charge in [0.25, 0.3) is 0 Å². The van der Waals surface area contributed by atoms with E-state index >= 15 is 0 Å². The van der Waals surface area contributed by atoms with Gasteiger partial charge in [-0.25, -0.2) is 9.78 Å². The molecule has 5 heteroatoms. The Kier molecular flexibility index (Phi) is 2.58. The summed E-state index contributed by atoms with van der Waals surface area (Å²) < 4.78 is 6.22. The average molecular weight is 305 g/mol. The molecule has 1 saturated carbocycles. The van der Waals surface area contributed by atoms with Gasteiger partial charge in [-0.2, -0.15) is 0 Å². The van der Waals surface area contributed by atoms with Crippen molar-refractivity contribution >= 4 is 28.6 Å². The average Bonchev–Trinajstić information content (AvgIpc) is 2.92. The first-order valence-electron chi connectivity index (χ1n) is 4.22. The minimum Gasteiger partial charge on any atom is -0.488 e. The highest BCUT2D eigenvalue weighted by Gasteiger charge is 2.25. The van der Waals surface area contributed by atoms with Crippen molar-refractivity contribution in [1.82, 2.24) is 4.98 Å². The molecular weight excluding hydrogens is 297 g/mol. The summed E-state index contributed by atoms with van der Waals surface area (Å²) in [4.78, 5) is 14.6. The number of aromatic nitrogens is 1. The van der Waals surface area contributed by atoms with Crippen LogP contribution in [-0.4, -0.2) is 22.2 Å². The molecule has 0 aromatic carbocycles. The number of nitrogens with zero attached hydrogens (tertiary/aromatic N) is 1.